The van der Waals surface area contributed by atoms with E-state index in [9.17, 15) is 5.11 Å². The Kier molecular flexibility index (Phi) is 4.72. The van der Waals surface area contributed by atoms with Crippen LogP contribution in [0.3, 0.4) is 0 Å². The molecule has 122 valence electrons. The van der Waals surface area contributed by atoms with Gasteiger partial charge in [0.05, 0.1) is 7.11 Å². The van der Waals surface area contributed by atoms with Crippen LogP contribution in [0.4, 0.5) is 0 Å². The molecule has 0 amide bonds. The van der Waals surface area contributed by atoms with Crippen LogP contribution in [-0.2, 0) is 13.1 Å². The van der Waals surface area contributed by atoms with Gasteiger partial charge in [-0.2, -0.15) is 0 Å². The first kappa shape index (κ1) is 15.7. The average molecular weight is 313 g/mol. The first-order valence-electron chi connectivity index (χ1n) is 8.01. The second-order valence-electron chi connectivity index (χ2n) is 5.96. The van der Waals surface area contributed by atoms with Crippen LogP contribution in [0.25, 0.3) is 0 Å². The van der Waals surface area contributed by atoms with E-state index in [0.29, 0.717) is 5.75 Å². The predicted molar refractivity (Wildman–Crippen MR) is 89.9 cm³/mol. The van der Waals surface area contributed by atoms with Crippen molar-refractivity contribution < 1.29 is 14.6 Å². The van der Waals surface area contributed by atoms with E-state index in [0.717, 1.165) is 48.7 Å². The van der Waals surface area contributed by atoms with Gasteiger partial charge in [-0.1, -0.05) is 19.1 Å². The number of nitrogens with zero attached hydrogens (tertiary/aromatic N) is 1. The van der Waals surface area contributed by atoms with Gasteiger partial charge in [0.15, 0.2) is 0 Å². The zero-order valence-electron chi connectivity index (χ0n) is 13.7. The number of methoxy groups -OCH3 is 1. The monoisotopic (exact) mass is 313 g/mol. The molecule has 0 radical (unpaired) electrons. The van der Waals surface area contributed by atoms with Gasteiger partial charge in [0.1, 0.15) is 23.4 Å². The smallest absolute Gasteiger partial charge is 0.124 e. The van der Waals surface area contributed by atoms with Crippen LogP contribution in [-0.4, -0.2) is 29.8 Å². The standard InChI is InChI=1S/C19H23NO3/c1-3-17-13-20(11-14-5-4-6-16(21)9-14)12-15-10-18(22-2)7-8-19(15)23-17/h4-10,17,21H,3,11-13H2,1-2H3/t17-/m0/s1. The van der Waals surface area contributed by atoms with Crippen molar-refractivity contribution in [2.45, 2.75) is 32.5 Å². The van der Waals surface area contributed by atoms with Crippen LogP contribution < -0.4 is 9.47 Å². The van der Waals surface area contributed by atoms with Crippen molar-refractivity contribution in [1.82, 2.24) is 4.90 Å². The fourth-order valence-electron chi connectivity index (χ4n) is 2.98. The summed E-state index contributed by atoms with van der Waals surface area (Å²) in [6.07, 6.45) is 1.13. The Labute approximate surface area is 137 Å². The molecule has 0 aromatic heterocycles. The molecule has 0 bridgehead atoms. The Balaban J connectivity index is 1.85. The maximum Gasteiger partial charge on any atom is 0.124 e. The maximum absolute atomic E-state index is 9.66. The molecule has 1 aliphatic rings. The Morgan fingerprint density at radius 1 is 1.26 bits per heavy atom. The summed E-state index contributed by atoms with van der Waals surface area (Å²) in [4.78, 5) is 2.36. The molecule has 0 unspecified atom stereocenters. The molecular formula is C19H23NO3. The van der Waals surface area contributed by atoms with Gasteiger partial charge >= 0.3 is 0 Å². The van der Waals surface area contributed by atoms with E-state index in [2.05, 4.69) is 11.8 Å². The van der Waals surface area contributed by atoms with Crippen molar-refractivity contribution in [2.24, 2.45) is 0 Å². The first-order valence-corrected chi connectivity index (χ1v) is 8.01. The quantitative estimate of drug-likeness (QED) is 0.937. The number of benzene rings is 2. The van der Waals surface area contributed by atoms with Crippen LogP contribution in [0.15, 0.2) is 42.5 Å². The van der Waals surface area contributed by atoms with Gasteiger partial charge < -0.3 is 14.6 Å². The summed E-state index contributed by atoms with van der Waals surface area (Å²) in [5, 5.41) is 9.66. The molecule has 4 nitrogen and oxygen atoms in total. The van der Waals surface area contributed by atoms with Crippen molar-refractivity contribution >= 4 is 0 Å². The zero-order valence-corrected chi connectivity index (χ0v) is 13.7. The topological polar surface area (TPSA) is 41.9 Å². The average Bonchev–Trinajstić information content (AvgIpc) is 2.72. The van der Waals surface area contributed by atoms with Crippen molar-refractivity contribution in [3.63, 3.8) is 0 Å². The van der Waals surface area contributed by atoms with E-state index in [4.69, 9.17) is 9.47 Å². The molecule has 4 heteroatoms. The van der Waals surface area contributed by atoms with Crippen LogP contribution >= 0.6 is 0 Å². The Morgan fingerprint density at radius 3 is 2.87 bits per heavy atom. The SMILES string of the molecule is CC[C@H]1CN(Cc2cccc(O)c2)Cc2cc(OC)ccc2O1. The van der Waals surface area contributed by atoms with E-state index in [1.165, 1.54) is 0 Å². The second kappa shape index (κ2) is 6.92. The molecule has 1 N–H and O–H groups in total. The van der Waals surface area contributed by atoms with E-state index >= 15 is 0 Å². The minimum Gasteiger partial charge on any atom is -0.508 e. The molecule has 1 atom stereocenters. The van der Waals surface area contributed by atoms with Crippen LogP contribution in [0.2, 0.25) is 0 Å². The molecule has 0 spiro atoms. The summed E-state index contributed by atoms with van der Waals surface area (Å²) in [6.45, 7) is 4.60. The molecule has 0 saturated carbocycles. The third kappa shape index (κ3) is 3.77. The molecule has 0 aliphatic carbocycles. The lowest BCUT2D eigenvalue weighted by molar-refractivity contribution is 0.139. The Bertz CT molecular complexity index is 671. The highest BCUT2D eigenvalue weighted by atomic mass is 16.5. The van der Waals surface area contributed by atoms with Gasteiger partial charge in [0, 0.05) is 25.2 Å². The lowest BCUT2D eigenvalue weighted by Crippen LogP contribution is -2.32. The normalized spacial score (nSPS) is 17.9. The third-order valence-electron chi connectivity index (χ3n) is 4.19. The van der Waals surface area contributed by atoms with Gasteiger partial charge in [0.2, 0.25) is 0 Å². The summed E-state index contributed by atoms with van der Waals surface area (Å²) in [7, 11) is 1.68. The highest BCUT2D eigenvalue weighted by molar-refractivity contribution is 5.41. The Hall–Kier alpha value is -2.20. The number of hydrogen-bond donors (Lipinski definition) is 1. The third-order valence-corrected chi connectivity index (χ3v) is 4.19. The van der Waals surface area contributed by atoms with E-state index in [1.807, 2.05) is 36.4 Å². The number of rotatable bonds is 4. The zero-order chi connectivity index (χ0) is 16.2. The van der Waals surface area contributed by atoms with Gasteiger partial charge in [-0.3, -0.25) is 4.90 Å². The van der Waals surface area contributed by atoms with E-state index < -0.39 is 0 Å². The second-order valence-corrected chi connectivity index (χ2v) is 5.96. The first-order chi connectivity index (χ1) is 11.2. The highest BCUT2D eigenvalue weighted by Crippen LogP contribution is 2.30. The van der Waals surface area contributed by atoms with Crippen LogP contribution in [0, 0.1) is 0 Å². The van der Waals surface area contributed by atoms with Gasteiger partial charge in [-0.25, -0.2) is 0 Å². The van der Waals surface area contributed by atoms with Crippen molar-refractivity contribution in [2.75, 3.05) is 13.7 Å². The number of phenolic OH excluding ortho intramolecular Hbond substituents is 1. The van der Waals surface area contributed by atoms with E-state index in [1.54, 1.807) is 13.2 Å². The molecule has 3 rings (SSSR count). The van der Waals surface area contributed by atoms with Crippen molar-refractivity contribution in [3.8, 4) is 17.2 Å². The van der Waals surface area contributed by atoms with Crippen LogP contribution in [0.5, 0.6) is 17.2 Å². The van der Waals surface area contributed by atoms with Crippen LogP contribution in [0.1, 0.15) is 24.5 Å². The number of aromatic hydroxyl groups is 1. The molecule has 23 heavy (non-hydrogen) atoms. The van der Waals surface area contributed by atoms with Gasteiger partial charge in [0.25, 0.3) is 0 Å². The minimum absolute atomic E-state index is 0.168. The predicted octanol–water partition coefficient (Wildman–Crippen LogP) is 3.57. The molecule has 1 aliphatic heterocycles. The molecule has 0 saturated heterocycles. The lowest BCUT2D eigenvalue weighted by Gasteiger charge is -2.23. The summed E-state index contributed by atoms with van der Waals surface area (Å²) in [6, 6.07) is 13.4. The fourth-order valence-corrected chi connectivity index (χ4v) is 2.98. The summed E-state index contributed by atoms with van der Waals surface area (Å²) >= 11 is 0. The molecule has 2 aromatic carbocycles. The number of fused-ring (bicyclic) bond motifs is 1. The van der Waals surface area contributed by atoms with E-state index in [-0.39, 0.29) is 6.10 Å². The Morgan fingerprint density at radius 2 is 2.13 bits per heavy atom. The number of phenols is 1. The highest BCUT2D eigenvalue weighted by Gasteiger charge is 2.22. The summed E-state index contributed by atoms with van der Waals surface area (Å²) in [5.74, 6) is 2.10. The number of hydrogen-bond acceptors (Lipinski definition) is 4. The largest absolute Gasteiger partial charge is 0.508 e. The minimum atomic E-state index is 0.168. The van der Waals surface area contributed by atoms with Crippen molar-refractivity contribution in [1.29, 1.82) is 0 Å². The molecule has 1 heterocycles. The fraction of sp³-hybridized carbons (Fsp3) is 0.368. The molecule has 2 aromatic rings. The molecular weight excluding hydrogens is 290 g/mol. The lowest BCUT2D eigenvalue weighted by atomic mass is 10.1. The summed E-state index contributed by atoms with van der Waals surface area (Å²) in [5.41, 5.74) is 2.24. The molecule has 0 fully saturated rings. The van der Waals surface area contributed by atoms with Gasteiger partial charge in [-0.05, 0) is 42.3 Å². The number of ether oxygens (including phenoxy) is 2. The maximum atomic E-state index is 9.66. The summed E-state index contributed by atoms with van der Waals surface area (Å²) < 4.78 is 11.5. The van der Waals surface area contributed by atoms with Gasteiger partial charge in [-0.15, -0.1) is 0 Å². The van der Waals surface area contributed by atoms with Crippen molar-refractivity contribution in [3.05, 3.63) is 53.6 Å².